The average Bonchev–Trinajstić information content (AvgIpc) is 2.68. The summed E-state index contributed by atoms with van der Waals surface area (Å²) in [6.07, 6.45) is 0. The molecule has 0 unspecified atom stereocenters. The summed E-state index contributed by atoms with van der Waals surface area (Å²) in [6, 6.07) is 19.4. The van der Waals surface area contributed by atoms with Crippen molar-refractivity contribution in [2.45, 2.75) is 11.4 Å². The first kappa shape index (κ1) is 22.6. The van der Waals surface area contributed by atoms with Gasteiger partial charge in [0.2, 0.25) is 15.9 Å². The molecular weight excluding hydrogens is 467 g/mol. The van der Waals surface area contributed by atoms with Gasteiger partial charge in [-0.25, -0.2) is 8.42 Å². The molecule has 30 heavy (non-hydrogen) atoms. The molecule has 0 aliphatic carbocycles. The Balaban J connectivity index is 1.87. The molecule has 1 amide bonds. The Morgan fingerprint density at radius 2 is 1.43 bits per heavy atom. The van der Waals surface area contributed by atoms with Crippen LogP contribution in [0.25, 0.3) is 0 Å². The van der Waals surface area contributed by atoms with Gasteiger partial charge in [-0.2, -0.15) is 4.31 Å². The summed E-state index contributed by atoms with van der Waals surface area (Å²) in [4.78, 5) is 12.7. The number of anilines is 1. The molecule has 5 nitrogen and oxygen atoms in total. The van der Waals surface area contributed by atoms with E-state index in [2.05, 4.69) is 5.32 Å². The number of nitrogens with one attached hydrogen (secondary N) is 1. The van der Waals surface area contributed by atoms with E-state index in [0.29, 0.717) is 20.8 Å². The number of rotatable bonds is 7. The van der Waals surface area contributed by atoms with E-state index in [1.165, 1.54) is 42.5 Å². The van der Waals surface area contributed by atoms with E-state index in [-0.39, 0.29) is 11.4 Å². The Hall–Kier alpha value is -2.09. The maximum Gasteiger partial charge on any atom is 0.243 e. The van der Waals surface area contributed by atoms with Crippen LogP contribution >= 0.6 is 34.8 Å². The van der Waals surface area contributed by atoms with Crippen molar-refractivity contribution in [3.63, 3.8) is 0 Å². The van der Waals surface area contributed by atoms with Crippen LogP contribution in [0, 0.1) is 0 Å². The summed E-state index contributed by atoms with van der Waals surface area (Å²) in [6.45, 7) is -0.375. The van der Waals surface area contributed by atoms with Crippen LogP contribution in [0.5, 0.6) is 0 Å². The van der Waals surface area contributed by atoms with Gasteiger partial charge in [-0.05, 0) is 48.0 Å². The number of hydrogen-bond acceptors (Lipinski definition) is 3. The van der Waals surface area contributed by atoms with Crippen molar-refractivity contribution in [1.29, 1.82) is 0 Å². The highest BCUT2D eigenvalue weighted by Crippen LogP contribution is 2.24. The summed E-state index contributed by atoms with van der Waals surface area (Å²) in [7, 11) is -3.96. The van der Waals surface area contributed by atoms with Gasteiger partial charge in [0.15, 0.2) is 0 Å². The smallest absolute Gasteiger partial charge is 0.243 e. The normalized spacial score (nSPS) is 11.5. The minimum absolute atomic E-state index is 0.0233. The van der Waals surface area contributed by atoms with Crippen LogP contribution in [-0.4, -0.2) is 25.2 Å². The van der Waals surface area contributed by atoms with Gasteiger partial charge in [-0.15, -0.1) is 0 Å². The van der Waals surface area contributed by atoms with E-state index >= 15 is 0 Å². The molecule has 1 N–H and O–H groups in total. The lowest BCUT2D eigenvalue weighted by atomic mass is 10.2. The van der Waals surface area contributed by atoms with Crippen LogP contribution in [0.4, 0.5) is 5.69 Å². The van der Waals surface area contributed by atoms with Crippen LogP contribution in [-0.2, 0) is 21.4 Å². The molecule has 0 bridgehead atoms. The standard InChI is InChI=1S/C21H17Cl3N2O3S/c22-16-6-8-20(9-7-16)30(28,29)26(13-15-4-2-1-3-5-15)14-21(27)25-19-11-17(23)10-18(24)12-19/h1-12H,13-14H2,(H,25,27). The number of amides is 1. The summed E-state index contributed by atoms with van der Waals surface area (Å²) < 4.78 is 27.5. The van der Waals surface area contributed by atoms with Gasteiger partial charge in [-0.1, -0.05) is 65.1 Å². The lowest BCUT2D eigenvalue weighted by molar-refractivity contribution is -0.116. The molecule has 0 atom stereocenters. The molecule has 0 aliphatic heterocycles. The van der Waals surface area contributed by atoms with Crippen molar-refractivity contribution in [2.75, 3.05) is 11.9 Å². The Morgan fingerprint density at radius 1 is 0.833 bits per heavy atom. The molecule has 0 aliphatic rings. The van der Waals surface area contributed by atoms with Gasteiger partial charge in [0.1, 0.15) is 0 Å². The molecule has 0 aromatic heterocycles. The monoisotopic (exact) mass is 482 g/mol. The van der Waals surface area contributed by atoms with Crippen LogP contribution in [0.2, 0.25) is 15.1 Å². The van der Waals surface area contributed by atoms with Crippen molar-refractivity contribution in [1.82, 2.24) is 4.31 Å². The zero-order valence-electron chi connectivity index (χ0n) is 15.6. The highest BCUT2D eigenvalue weighted by molar-refractivity contribution is 7.89. The van der Waals surface area contributed by atoms with E-state index < -0.39 is 22.5 Å². The van der Waals surface area contributed by atoms with Gasteiger partial charge >= 0.3 is 0 Å². The van der Waals surface area contributed by atoms with Gasteiger partial charge in [0.25, 0.3) is 0 Å². The molecule has 3 aromatic carbocycles. The fraction of sp³-hybridized carbons (Fsp3) is 0.0952. The zero-order chi connectivity index (χ0) is 21.7. The van der Waals surface area contributed by atoms with Gasteiger partial charge in [0.05, 0.1) is 11.4 Å². The molecular formula is C21H17Cl3N2O3S. The maximum atomic E-state index is 13.2. The fourth-order valence-electron chi connectivity index (χ4n) is 2.76. The number of halogens is 3. The number of carbonyl (C=O) groups excluding carboxylic acids is 1. The summed E-state index contributed by atoms with van der Waals surface area (Å²) in [5.74, 6) is -0.526. The third-order valence-corrected chi connectivity index (χ3v) is 6.61. The number of carbonyl (C=O) groups is 1. The molecule has 0 radical (unpaired) electrons. The number of nitrogens with zero attached hydrogens (tertiary/aromatic N) is 1. The lowest BCUT2D eigenvalue weighted by Gasteiger charge is -2.22. The maximum absolute atomic E-state index is 13.2. The Bertz CT molecular complexity index is 1120. The SMILES string of the molecule is O=C(CN(Cc1ccccc1)S(=O)(=O)c1ccc(Cl)cc1)Nc1cc(Cl)cc(Cl)c1. The molecule has 0 fully saturated rings. The van der Waals surface area contributed by atoms with E-state index in [9.17, 15) is 13.2 Å². The Labute approximate surface area is 190 Å². The zero-order valence-corrected chi connectivity index (χ0v) is 18.6. The van der Waals surface area contributed by atoms with Crippen LogP contribution in [0.1, 0.15) is 5.56 Å². The number of benzene rings is 3. The Morgan fingerprint density at radius 3 is 2.03 bits per heavy atom. The van der Waals surface area contributed by atoms with Gasteiger partial charge < -0.3 is 5.32 Å². The molecule has 0 saturated heterocycles. The molecule has 9 heteroatoms. The fourth-order valence-corrected chi connectivity index (χ4v) is 4.79. The highest BCUT2D eigenvalue weighted by Gasteiger charge is 2.27. The first-order valence-corrected chi connectivity index (χ1v) is 11.4. The predicted octanol–water partition coefficient (Wildman–Crippen LogP) is 5.48. The first-order chi connectivity index (χ1) is 14.2. The topological polar surface area (TPSA) is 66.5 Å². The van der Waals surface area contributed by atoms with Crippen LogP contribution in [0.3, 0.4) is 0 Å². The third kappa shape index (κ3) is 5.97. The van der Waals surface area contributed by atoms with Crippen molar-refractivity contribution in [2.24, 2.45) is 0 Å². The molecule has 3 aromatic rings. The van der Waals surface area contributed by atoms with Crippen LogP contribution < -0.4 is 5.32 Å². The number of hydrogen-bond donors (Lipinski definition) is 1. The number of sulfonamides is 1. The van der Waals surface area contributed by atoms with Crippen LogP contribution in [0.15, 0.2) is 77.7 Å². The second-order valence-electron chi connectivity index (χ2n) is 6.42. The summed E-state index contributed by atoms with van der Waals surface area (Å²) in [5, 5.41) is 3.76. The van der Waals surface area contributed by atoms with E-state index in [0.717, 1.165) is 9.87 Å². The summed E-state index contributed by atoms with van der Waals surface area (Å²) >= 11 is 17.8. The van der Waals surface area contributed by atoms with Crippen molar-refractivity contribution in [3.8, 4) is 0 Å². The quantitative estimate of drug-likeness (QED) is 0.484. The second-order valence-corrected chi connectivity index (χ2v) is 9.67. The molecule has 156 valence electrons. The van der Waals surface area contributed by atoms with Gasteiger partial charge in [-0.3, -0.25) is 4.79 Å². The average molecular weight is 484 g/mol. The van der Waals surface area contributed by atoms with Crippen molar-refractivity contribution < 1.29 is 13.2 Å². The summed E-state index contributed by atoms with van der Waals surface area (Å²) in [5.41, 5.74) is 1.12. The predicted molar refractivity (Wildman–Crippen MR) is 121 cm³/mol. The minimum atomic E-state index is -3.96. The second kappa shape index (κ2) is 9.81. The van der Waals surface area contributed by atoms with E-state index in [4.69, 9.17) is 34.8 Å². The van der Waals surface area contributed by atoms with Crippen molar-refractivity contribution >= 4 is 56.4 Å². The van der Waals surface area contributed by atoms with Gasteiger partial charge in [0, 0.05) is 27.3 Å². The largest absolute Gasteiger partial charge is 0.325 e. The van der Waals surface area contributed by atoms with Crippen molar-refractivity contribution in [3.05, 3.63) is 93.4 Å². The Kier molecular flexibility index (Phi) is 7.39. The van der Waals surface area contributed by atoms with E-state index in [1.54, 1.807) is 24.3 Å². The molecule has 0 saturated carbocycles. The molecule has 0 spiro atoms. The first-order valence-electron chi connectivity index (χ1n) is 8.79. The van der Waals surface area contributed by atoms with E-state index in [1.807, 2.05) is 6.07 Å². The molecule has 3 rings (SSSR count). The molecule has 0 heterocycles. The third-order valence-electron chi connectivity index (χ3n) is 4.12. The lowest BCUT2D eigenvalue weighted by Crippen LogP contribution is -2.37. The highest BCUT2D eigenvalue weighted by atomic mass is 35.5. The minimum Gasteiger partial charge on any atom is -0.325 e.